The molecule has 2 aliphatic rings. The van der Waals surface area contributed by atoms with Crippen LogP contribution in [0.3, 0.4) is 0 Å². The number of hydrogen-bond donors (Lipinski definition) is 0. The van der Waals surface area contributed by atoms with Gasteiger partial charge in [0.2, 0.25) is 0 Å². The van der Waals surface area contributed by atoms with Crippen molar-refractivity contribution in [2.75, 3.05) is 13.1 Å². The lowest BCUT2D eigenvalue weighted by molar-refractivity contribution is -0.153. The van der Waals surface area contributed by atoms with Crippen molar-refractivity contribution in [2.45, 2.75) is 38.8 Å². The summed E-state index contributed by atoms with van der Waals surface area (Å²) >= 11 is 0. The van der Waals surface area contributed by atoms with E-state index in [1.165, 1.54) is 0 Å². The van der Waals surface area contributed by atoms with Gasteiger partial charge in [0.25, 0.3) is 0 Å². The Morgan fingerprint density at radius 2 is 1.82 bits per heavy atom. The molecule has 0 atom stereocenters. The molecule has 0 radical (unpaired) electrons. The maximum atomic E-state index is 11.8. The zero-order valence-electron chi connectivity index (χ0n) is 10.6. The van der Waals surface area contributed by atoms with Crippen molar-refractivity contribution in [3.05, 3.63) is 24.3 Å². The van der Waals surface area contributed by atoms with E-state index in [1.807, 2.05) is 24.3 Å². The maximum Gasteiger partial charge on any atom is 0.316 e. The summed E-state index contributed by atoms with van der Waals surface area (Å²) in [4.78, 5) is 14.2. The van der Waals surface area contributed by atoms with Gasteiger partial charge in [0.05, 0.1) is 5.92 Å². The highest BCUT2D eigenvalue weighted by atomic mass is 16.5. The normalized spacial score (nSPS) is 22.5. The van der Waals surface area contributed by atoms with E-state index in [-0.39, 0.29) is 18.0 Å². The minimum Gasteiger partial charge on any atom is -0.462 e. The number of rotatable bonds is 3. The molecule has 3 nitrogen and oxygen atoms in total. The van der Waals surface area contributed by atoms with E-state index in [4.69, 9.17) is 4.74 Å². The molecular weight excluding hydrogens is 214 g/mol. The Hall–Kier alpha value is -1.09. The van der Waals surface area contributed by atoms with E-state index < -0.39 is 0 Å². The first-order valence-corrected chi connectivity index (χ1v) is 6.46. The highest BCUT2D eigenvalue weighted by molar-refractivity contribution is 5.77. The fourth-order valence-corrected chi connectivity index (χ4v) is 2.34. The minimum absolute atomic E-state index is 0.0991. The summed E-state index contributed by atoms with van der Waals surface area (Å²) in [6.45, 7) is 6.48. The van der Waals surface area contributed by atoms with Crippen molar-refractivity contribution in [1.82, 2.24) is 4.90 Å². The molecule has 0 aromatic heterocycles. The van der Waals surface area contributed by atoms with Crippen molar-refractivity contribution in [1.29, 1.82) is 0 Å². The summed E-state index contributed by atoms with van der Waals surface area (Å²) in [5.41, 5.74) is 0. The molecule has 0 saturated carbocycles. The Bertz CT molecular complexity index is 313. The molecule has 3 heteroatoms. The second kappa shape index (κ2) is 5.50. The number of piperidine rings is 1. The number of carbonyl (C=O) groups is 1. The van der Waals surface area contributed by atoms with E-state index in [0.29, 0.717) is 6.04 Å². The average Bonchev–Trinajstić information content (AvgIpc) is 2.83. The molecule has 0 bridgehead atoms. The summed E-state index contributed by atoms with van der Waals surface area (Å²) in [5.74, 6) is -0.254. The molecule has 0 amide bonds. The van der Waals surface area contributed by atoms with Crippen LogP contribution in [0.5, 0.6) is 0 Å². The van der Waals surface area contributed by atoms with Gasteiger partial charge in [0.15, 0.2) is 0 Å². The zero-order chi connectivity index (χ0) is 12.3. The molecule has 1 aliphatic heterocycles. The summed E-state index contributed by atoms with van der Waals surface area (Å²) in [6.07, 6.45) is 9.59. The maximum absolute atomic E-state index is 11.8. The van der Waals surface area contributed by atoms with Gasteiger partial charge >= 0.3 is 5.97 Å². The van der Waals surface area contributed by atoms with Crippen LogP contribution >= 0.6 is 0 Å². The van der Waals surface area contributed by atoms with Gasteiger partial charge in [-0.25, -0.2) is 0 Å². The minimum atomic E-state index is -0.155. The van der Waals surface area contributed by atoms with Gasteiger partial charge in [0, 0.05) is 19.1 Å². The van der Waals surface area contributed by atoms with Gasteiger partial charge in [-0.1, -0.05) is 24.3 Å². The Morgan fingerprint density at radius 1 is 1.24 bits per heavy atom. The van der Waals surface area contributed by atoms with Crippen molar-refractivity contribution in [3.63, 3.8) is 0 Å². The number of hydrogen-bond acceptors (Lipinski definition) is 3. The quantitative estimate of drug-likeness (QED) is 0.702. The number of esters is 1. The van der Waals surface area contributed by atoms with Gasteiger partial charge in [-0.15, -0.1) is 0 Å². The Labute approximate surface area is 103 Å². The van der Waals surface area contributed by atoms with Gasteiger partial charge in [0.1, 0.15) is 6.10 Å². The fraction of sp³-hybridized carbons (Fsp3) is 0.643. The molecule has 0 aromatic rings. The Kier molecular flexibility index (Phi) is 4.00. The standard InChI is InChI=1S/C14H21NO2/c1-11(2)15-9-7-13(8-10-15)17-14(16)12-5-3-4-6-12/h3-6,11-13H,7-10H2,1-2H3. The van der Waals surface area contributed by atoms with Crippen LogP contribution in [-0.2, 0) is 9.53 Å². The van der Waals surface area contributed by atoms with E-state index in [9.17, 15) is 4.79 Å². The summed E-state index contributed by atoms with van der Waals surface area (Å²) < 4.78 is 5.54. The van der Waals surface area contributed by atoms with Crippen LogP contribution in [-0.4, -0.2) is 36.1 Å². The van der Waals surface area contributed by atoms with Crippen LogP contribution in [0.4, 0.5) is 0 Å². The van der Waals surface area contributed by atoms with Crippen molar-refractivity contribution in [2.24, 2.45) is 5.92 Å². The lowest BCUT2D eigenvalue weighted by Gasteiger charge is -2.34. The van der Waals surface area contributed by atoms with Crippen LogP contribution in [0.15, 0.2) is 24.3 Å². The molecule has 0 N–H and O–H groups in total. The molecule has 0 aromatic carbocycles. The molecule has 0 spiro atoms. The molecule has 1 aliphatic carbocycles. The summed E-state index contributed by atoms with van der Waals surface area (Å²) in [7, 11) is 0. The molecular formula is C14H21NO2. The van der Waals surface area contributed by atoms with Crippen molar-refractivity contribution in [3.8, 4) is 0 Å². The molecule has 0 unspecified atom stereocenters. The second-order valence-corrected chi connectivity index (χ2v) is 5.06. The van der Waals surface area contributed by atoms with E-state index in [1.54, 1.807) is 0 Å². The highest BCUT2D eigenvalue weighted by Gasteiger charge is 2.25. The number of nitrogens with zero attached hydrogens (tertiary/aromatic N) is 1. The van der Waals surface area contributed by atoms with E-state index in [0.717, 1.165) is 25.9 Å². The number of allylic oxidation sites excluding steroid dienone is 2. The lowest BCUT2D eigenvalue weighted by atomic mass is 10.1. The third-order valence-corrected chi connectivity index (χ3v) is 3.51. The number of carbonyl (C=O) groups excluding carboxylic acids is 1. The fourth-order valence-electron chi connectivity index (χ4n) is 2.34. The van der Waals surface area contributed by atoms with E-state index >= 15 is 0 Å². The second-order valence-electron chi connectivity index (χ2n) is 5.06. The van der Waals surface area contributed by atoms with Crippen LogP contribution in [0.1, 0.15) is 26.7 Å². The average molecular weight is 235 g/mol. The predicted molar refractivity (Wildman–Crippen MR) is 67.6 cm³/mol. The predicted octanol–water partition coefficient (Wildman–Crippen LogP) is 2.14. The van der Waals surface area contributed by atoms with Gasteiger partial charge < -0.3 is 9.64 Å². The van der Waals surface area contributed by atoms with Crippen LogP contribution in [0.25, 0.3) is 0 Å². The SMILES string of the molecule is CC(C)N1CCC(OC(=O)C2C=CC=C2)CC1. The molecule has 1 heterocycles. The first-order chi connectivity index (χ1) is 8.16. The van der Waals surface area contributed by atoms with Crippen LogP contribution < -0.4 is 0 Å². The first-order valence-electron chi connectivity index (χ1n) is 6.46. The largest absolute Gasteiger partial charge is 0.462 e. The molecule has 1 fully saturated rings. The summed E-state index contributed by atoms with van der Waals surface area (Å²) in [6, 6.07) is 0.590. The first kappa shape index (κ1) is 12.4. The topological polar surface area (TPSA) is 29.5 Å². The lowest BCUT2D eigenvalue weighted by Crippen LogP contribution is -2.41. The Balaban J connectivity index is 1.76. The molecule has 94 valence electrons. The highest BCUT2D eigenvalue weighted by Crippen LogP contribution is 2.19. The van der Waals surface area contributed by atoms with Gasteiger partial charge in [-0.2, -0.15) is 0 Å². The number of likely N-dealkylation sites (tertiary alicyclic amines) is 1. The van der Waals surface area contributed by atoms with Gasteiger partial charge in [-0.05, 0) is 26.7 Å². The molecule has 2 rings (SSSR count). The summed E-state index contributed by atoms with van der Waals surface area (Å²) in [5, 5.41) is 0. The monoisotopic (exact) mass is 235 g/mol. The molecule has 17 heavy (non-hydrogen) atoms. The molecule has 1 saturated heterocycles. The smallest absolute Gasteiger partial charge is 0.316 e. The number of ether oxygens (including phenoxy) is 1. The zero-order valence-corrected chi connectivity index (χ0v) is 10.6. The third-order valence-electron chi connectivity index (χ3n) is 3.51. The van der Waals surface area contributed by atoms with Crippen molar-refractivity contribution < 1.29 is 9.53 Å². The van der Waals surface area contributed by atoms with Gasteiger partial charge in [-0.3, -0.25) is 4.79 Å². The van der Waals surface area contributed by atoms with E-state index in [2.05, 4.69) is 18.7 Å². The Morgan fingerprint density at radius 3 is 2.35 bits per heavy atom. The van der Waals surface area contributed by atoms with Crippen LogP contribution in [0.2, 0.25) is 0 Å². The third kappa shape index (κ3) is 3.19. The van der Waals surface area contributed by atoms with Crippen LogP contribution in [0, 0.1) is 5.92 Å². The van der Waals surface area contributed by atoms with Crippen molar-refractivity contribution >= 4 is 5.97 Å².